The van der Waals surface area contributed by atoms with Crippen LogP contribution in [0.15, 0.2) is 0 Å². The number of rotatable bonds is 1. The van der Waals surface area contributed by atoms with Crippen molar-refractivity contribution in [2.75, 3.05) is 6.54 Å². The summed E-state index contributed by atoms with van der Waals surface area (Å²) in [4.78, 5) is 8.64. The Bertz CT molecular complexity index is 156. The predicted molar refractivity (Wildman–Crippen MR) is 30.9 cm³/mol. The van der Waals surface area contributed by atoms with Crippen molar-refractivity contribution < 1.29 is 19.9 Å². The molecule has 1 heterocycles. The number of hydrogen-bond donors (Lipinski definition) is 2. The Balaban J connectivity index is 2.68. The van der Waals surface area contributed by atoms with Gasteiger partial charge in [0.2, 0.25) is 6.04 Å². The molecule has 0 bridgehead atoms. The summed E-state index contributed by atoms with van der Waals surface area (Å²) >= 11 is 0. The van der Waals surface area contributed by atoms with Crippen LogP contribution >= 0.6 is 0 Å². The maximum Gasteiger partial charge on any atom is 0.365 e. The van der Waals surface area contributed by atoms with E-state index >= 15 is 0 Å². The Morgan fingerprint density at radius 1 is 1.70 bits per heavy atom. The van der Waals surface area contributed by atoms with Gasteiger partial charge in [0.05, 0.1) is 0 Å². The lowest BCUT2D eigenvalue weighted by Gasteiger charge is -2.32. The van der Waals surface area contributed by atoms with Crippen LogP contribution < -0.4 is 0 Å². The molecule has 2 atom stereocenters. The number of aliphatic carboxylic acids is 1. The lowest BCUT2D eigenvalue weighted by atomic mass is 10.2. The van der Waals surface area contributed by atoms with Crippen LogP contribution in [0.25, 0.3) is 0 Å². The van der Waals surface area contributed by atoms with Crippen molar-refractivity contribution in [3.05, 3.63) is 5.21 Å². The zero-order chi connectivity index (χ0) is 7.78. The van der Waals surface area contributed by atoms with Crippen LogP contribution in [0.5, 0.6) is 0 Å². The summed E-state index contributed by atoms with van der Waals surface area (Å²) < 4.78 is 0. The molecule has 0 aromatic carbocycles. The van der Waals surface area contributed by atoms with Gasteiger partial charge in [0.1, 0.15) is 6.54 Å². The smallest absolute Gasteiger partial charge is 0.365 e. The molecule has 1 aliphatic rings. The molecule has 1 rings (SSSR count). The minimum Gasteiger partial charge on any atom is -0.598 e. The number of hydrogen-bond acceptors (Lipinski definition) is 3. The summed E-state index contributed by atoms with van der Waals surface area (Å²) in [6.45, 7) is -0.00301. The predicted octanol–water partition coefficient (Wildman–Crippen LogP) is -0.0628. The summed E-state index contributed by atoms with van der Waals surface area (Å²) in [5, 5.41) is 28.0. The van der Waals surface area contributed by atoms with Gasteiger partial charge in [0.15, 0.2) is 0 Å². The van der Waals surface area contributed by atoms with Gasteiger partial charge in [-0.2, -0.15) is 0 Å². The van der Waals surface area contributed by atoms with E-state index in [1.807, 2.05) is 0 Å². The first-order valence-corrected chi connectivity index (χ1v) is 3.08. The fourth-order valence-corrected chi connectivity index (χ4v) is 1.16. The van der Waals surface area contributed by atoms with E-state index < -0.39 is 16.8 Å². The Hall–Kier alpha value is -0.650. The zero-order valence-corrected chi connectivity index (χ0v) is 5.36. The van der Waals surface area contributed by atoms with E-state index in [9.17, 15) is 10.0 Å². The van der Waals surface area contributed by atoms with E-state index in [-0.39, 0.29) is 13.0 Å². The highest BCUT2D eigenvalue weighted by Gasteiger charge is 2.39. The van der Waals surface area contributed by atoms with Gasteiger partial charge < -0.3 is 10.3 Å². The summed E-state index contributed by atoms with van der Waals surface area (Å²) in [6, 6.07) is -1.17. The van der Waals surface area contributed by atoms with Crippen molar-refractivity contribution >= 4 is 5.97 Å². The van der Waals surface area contributed by atoms with Gasteiger partial charge in [-0.25, -0.2) is 14.8 Å². The number of carboxylic acid groups (broad SMARTS) is 1. The van der Waals surface area contributed by atoms with Gasteiger partial charge >= 0.3 is 5.97 Å². The summed E-state index contributed by atoms with van der Waals surface area (Å²) in [7, 11) is 0. The third-order valence-corrected chi connectivity index (χ3v) is 1.73. The Morgan fingerprint density at radius 2 is 2.30 bits per heavy atom. The first-order chi connectivity index (χ1) is 4.54. The monoisotopic (exact) mass is 147 g/mol. The van der Waals surface area contributed by atoms with E-state index in [2.05, 4.69) is 0 Å². The largest absolute Gasteiger partial charge is 0.598 e. The molecule has 0 radical (unpaired) electrons. The summed E-state index contributed by atoms with van der Waals surface area (Å²) in [6.07, 6.45) is 0.756. The Kier molecular flexibility index (Phi) is 1.63. The van der Waals surface area contributed by atoms with Crippen molar-refractivity contribution in [1.29, 1.82) is 0 Å². The molecule has 0 aromatic rings. The van der Waals surface area contributed by atoms with Crippen molar-refractivity contribution in [2.45, 2.75) is 18.9 Å². The minimum absolute atomic E-state index is 0.00301. The molecule has 1 aliphatic heterocycles. The van der Waals surface area contributed by atoms with E-state index in [1.54, 1.807) is 0 Å². The van der Waals surface area contributed by atoms with Gasteiger partial charge in [-0.1, -0.05) is 0 Å². The number of carbonyl (C=O) groups is 1. The number of carboxylic acids is 1. The molecular weight excluding hydrogens is 138 g/mol. The number of quaternary nitrogens is 1. The molecule has 5 heteroatoms. The second kappa shape index (κ2) is 2.19. The third kappa shape index (κ3) is 1.11. The van der Waals surface area contributed by atoms with Gasteiger partial charge in [-0.05, 0) is 0 Å². The molecule has 0 saturated carbocycles. The maximum atomic E-state index is 10.8. The second-order valence-corrected chi connectivity index (χ2v) is 2.48. The summed E-state index contributed by atoms with van der Waals surface area (Å²) in [5.41, 5.74) is 0. The van der Waals surface area contributed by atoms with Gasteiger partial charge in [0.25, 0.3) is 0 Å². The normalized spacial score (nSPS) is 40.0. The van der Waals surface area contributed by atoms with Crippen LogP contribution in [0, 0.1) is 5.21 Å². The van der Waals surface area contributed by atoms with Crippen LogP contribution in [0.1, 0.15) is 12.8 Å². The molecule has 58 valence electrons. The standard InChI is InChI=1S/C5H9NO4/c7-5(8)4-2-1-3-6(4,9)10/h4,9H,1-3H2,(H,7,8)/t4-/m0/s1. The number of hydroxylamine groups is 4. The molecule has 0 aromatic heterocycles. The highest BCUT2D eigenvalue weighted by Crippen LogP contribution is 2.22. The van der Waals surface area contributed by atoms with Crippen molar-refractivity contribution in [3.8, 4) is 0 Å². The molecular formula is C5H9NO4. The molecule has 2 N–H and O–H groups in total. The van der Waals surface area contributed by atoms with E-state index in [4.69, 9.17) is 10.3 Å². The lowest BCUT2D eigenvalue weighted by molar-refractivity contribution is -1.07. The van der Waals surface area contributed by atoms with Crippen LogP contribution in [-0.2, 0) is 4.79 Å². The van der Waals surface area contributed by atoms with Gasteiger partial charge in [0, 0.05) is 12.8 Å². The van der Waals surface area contributed by atoms with Crippen LogP contribution in [0.4, 0.5) is 0 Å². The highest BCUT2D eigenvalue weighted by atomic mass is 16.8. The quantitative estimate of drug-likeness (QED) is 0.402. The molecule has 1 saturated heterocycles. The maximum absolute atomic E-state index is 10.8. The van der Waals surface area contributed by atoms with Gasteiger partial charge in [-0.3, -0.25) is 0 Å². The molecule has 0 aliphatic carbocycles. The fourth-order valence-electron chi connectivity index (χ4n) is 1.16. The number of nitrogens with zero attached hydrogens (tertiary/aromatic N) is 1. The Labute approximate surface area is 57.6 Å². The molecule has 0 amide bonds. The molecule has 0 spiro atoms. The molecule has 1 fully saturated rings. The first kappa shape index (κ1) is 7.46. The van der Waals surface area contributed by atoms with Crippen molar-refractivity contribution in [2.24, 2.45) is 0 Å². The fraction of sp³-hybridized carbons (Fsp3) is 0.800. The van der Waals surface area contributed by atoms with Crippen LogP contribution in [0.2, 0.25) is 0 Å². The highest BCUT2D eigenvalue weighted by molar-refractivity contribution is 5.72. The lowest BCUT2D eigenvalue weighted by Crippen LogP contribution is -2.47. The second-order valence-electron chi connectivity index (χ2n) is 2.48. The van der Waals surface area contributed by atoms with Crippen molar-refractivity contribution in [1.82, 2.24) is 0 Å². The first-order valence-electron chi connectivity index (χ1n) is 3.08. The van der Waals surface area contributed by atoms with Crippen LogP contribution in [0.3, 0.4) is 0 Å². The average Bonchev–Trinajstić information content (AvgIpc) is 2.08. The SMILES string of the molecule is O=C(O)[C@@H]1CCC[N+]1([O-])O. The minimum atomic E-state index is -1.60. The topological polar surface area (TPSA) is 80.6 Å². The van der Waals surface area contributed by atoms with Gasteiger partial charge in [-0.15, -0.1) is 0 Å². The average molecular weight is 147 g/mol. The van der Waals surface area contributed by atoms with E-state index in [0.29, 0.717) is 6.42 Å². The molecule has 5 nitrogen and oxygen atoms in total. The molecule has 1 unspecified atom stereocenters. The third-order valence-electron chi connectivity index (χ3n) is 1.73. The zero-order valence-electron chi connectivity index (χ0n) is 5.36. The van der Waals surface area contributed by atoms with E-state index in [0.717, 1.165) is 0 Å². The van der Waals surface area contributed by atoms with Crippen molar-refractivity contribution in [3.63, 3.8) is 0 Å². The molecule has 10 heavy (non-hydrogen) atoms. The summed E-state index contributed by atoms with van der Waals surface area (Å²) in [5.74, 6) is -1.21. The van der Waals surface area contributed by atoms with E-state index in [1.165, 1.54) is 0 Å². The Morgan fingerprint density at radius 3 is 2.50 bits per heavy atom. The van der Waals surface area contributed by atoms with Crippen LogP contribution in [-0.4, -0.2) is 33.7 Å².